The van der Waals surface area contributed by atoms with Gasteiger partial charge in [-0.05, 0) is 38.0 Å². The average molecular weight is 372 g/mol. The second-order valence-electron chi connectivity index (χ2n) is 8.03. The van der Waals surface area contributed by atoms with Crippen LogP contribution in [0.4, 0.5) is 0 Å². The summed E-state index contributed by atoms with van der Waals surface area (Å²) >= 11 is 0. The summed E-state index contributed by atoms with van der Waals surface area (Å²) in [4.78, 5) is 34.7. The van der Waals surface area contributed by atoms with Crippen molar-refractivity contribution in [3.63, 3.8) is 0 Å². The lowest BCUT2D eigenvalue weighted by Crippen LogP contribution is -2.46. The van der Waals surface area contributed by atoms with Crippen molar-refractivity contribution in [2.24, 2.45) is 11.8 Å². The smallest absolute Gasteiger partial charge is 0.226 e. The van der Waals surface area contributed by atoms with E-state index < -0.39 is 0 Å². The van der Waals surface area contributed by atoms with Crippen LogP contribution in [0, 0.1) is 11.8 Å². The molecule has 146 valence electrons. The summed E-state index contributed by atoms with van der Waals surface area (Å²) in [6, 6.07) is 1.98. The van der Waals surface area contributed by atoms with Gasteiger partial charge in [0.05, 0.1) is 12.3 Å². The van der Waals surface area contributed by atoms with Crippen molar-refractivity contribution < 1.29 is 14.3 Å². The molecule has 7 heteroatoms. The molecule has 0 aromatic carbocycles. The van der Waals surface area contributed by atoms with Crippen molar-refractivity contribution in [2.75, 3.05) is 26.2 Å². The highest BCUT2D eigenvalue weighted by molar-refractivity contribution is 5.86. The molecule has 1 N–H and O–H groups in total. The van der Waals surface area contributed by atoms with Gasteiger partial charge in [0, 0.05) is 44.0 Å². The van der Waals surface area contributed by atoms with Gasteiger partial charge in [0.1, 0.15) is 6.33 Å². The number of nitrogens with one attached hydrogen (secondary N) is 1. The molecule has 1 unspecified atom stereocenters. The monoisotopic (exact) mass is 372 g/mol. The van der Waals surface area contributed by atoms with E-state index in [0.29, 0.717) is 37.3 Å². The van der Waals surface area contributed by atoms with Crippen LogP contribution in [0.2, 0.25) is 0 Å². The summed E-state index contributed by atoms with van der Waals surface area (Å²) in [7, 11) is 0. The molecule has 0 spiro atoms. The normalized spacial score (nSPS) is 24.2. The molecule has 4 rings (SSSR count). The van der Waals surface area contributed by atoms with Crippen LogP contribution in [-0.4, -0.2) is 52.9 Å². The molecule has 3 aliphatic rings. The summed E-state index contributed by atoms with van der Waals surface area (Å²) in [6.45, 7) is 2.75. The minimum atomic E-state index is -0.141. The van der Waals surface area contributed by atoms with Crippen LogP contribution in [0.1, 0.15) is 56.6 Å². The van der Waals surface area contributed by atoms with Gasteiger partial charge < -0.3 is 15.0 Å². The number of ether oxygens (including phenoxy) is 1. The number of carbonyl (C=O) groups is 2. The number of amides is 2. The molecule has 3 fully saturated rings. The van der Waals surface area contributed by atoms with Crippen LogP contribution in [0.5, 0.6) is 5.88 Å². The summed E-state index contributed by atoms with van der Waals surface area (Å²) in [5.74, 6) is 1.67. The predicted octanol–water partition coefficient (Wildman–Crippen LogP) is 1.89. The van der Waals surface area contributed by atoms with Gasteiger partial charge in [-0.25, -0.2) is 9.97 Å². The Hall–Kier alpha value is -2.18. The first-order chi connectivity index (χ1) is 13.2. The minimum absolute atomic E-state index is 0.00555. The van der Waals surface area contributed by atoms with Crippen molar-refractivity contribution >= 4 is 11.8 Å². The topological polar surface area (TPSA) is 84.4 Å². The quantitative estimate of drug-likeness (QED) is 0.853. The molecule has 2 saturated heterocycles. The Labute approximate surface area is 159 Å². The maximum absolute atomic E-state index is 12.6. The third-order valence-electron chi connectivity index (χ3n) is 6.18. The van der Waals surface area contributed by atoms with Gasteiger partial charge in [0.25, 0.3) is 0 Å². The van der Waals surface area contributed by atoms with E-state index in [9.17, 15) is 9.59 Å². The highest BCUT2D eigenvalue weighted by Gasteiger charge is 2.31. The molecule has 27 heavy (non-hydrogen) atoms. The Bertz CT molecular complexity index is 684. The van der Waals surface area contributed by atoms with E-state index in [0.717, 1.165) is 38.0 Å². The van der Waals surface area contributed by atoms with Crippen LogP contribution in [0.3, 0.4) is 0 Å². The second-order valence-corrected chi connectivity index (χ2v) is 8.03. The SMILES string of the molecule is O=C1CC(C(=O)N2CCC(COc3cc(C4CCC4)ncn3)CC2)CCN1. The summed E-state index contributed by atoms with van der Waals surface area (Å²) in [5, 5.41) is 2.79. The van der Waals surface area contributed by atoms with Gasteiger partial charge in [-0.1, -0.05) is 6.42 Å². The van der Waals surface area contributed by atoms with Crippen molar-refractivity contribution in [1.82, 2.24) is 20.2 Å². The van der Waals surface area contributed by atoms with E-state index in [1.807, 2.05) is 11.0 Å². The number of nitrogens with zero attached hydrogens (tertiary/aromatic N) is 3. The van der Waals surface area contributed by atoms with E-state index in [1.165, 1.54) is 19.3 Å². The molecule has 0 radical (unpaired) electrons. The third kappa shape index (κ3) is 4.39. The number of rotatable bonds is 5. The minimum Gasteiger partial charge on any atom is -0.477 e. The van der Waals surface area contributed by atoms with Crippen LogP contribution in [0.25, 0.3) is 0 Å². The molecule has 1 atom stereocenters. The number of piperidine rings is 2. The Morgan fingerprint density at radius 2 is 2.00 bits per heavy atom. The number of hydrogen-bond acceptors (Lipinski definition) is 5. The molecule has 2 aliphatic heterocycles. The molecular formula is C20H28N4O3. The molecule has 1 aromatic rings. The lowest BCUT2D eigenvalue weighted by Gasteiger charge is -2.35. The maximum atomic E-state index is 12.6. The highest BCUT2D eigenvalue weighted by Crippen LogP contribution is 2.35. The molecule has 3 heterocycles. The molecule has 7 nitrogen and oxygen atoms in total. The van der Waals surface area contributed by atoms with E-state index in [-0.39, 0.29) is 17.7 Å². The first-order valence-corrected chi connectivity index (χ1v) is 10.2. The fraction of sp³-hybridized carbons (Fsp3) is 0.700. The van der Waals surface area contributed by atoms with E-state index in [1.54, 1.807) is 6.33 Å². The lowest BCUT2D eigenvalue weighted by atomic mass is 9.83. The first-order valence-electron chi connectivity index (χ1n) is 10.2. The van der Waals surface area contributed by atoms with Gasteiger partial charge in [-0.2, -0.15) is 0 Å². The molecule has 1 saturated carbocycles. The van der Waals surface area contributed by atoms with E-state index >= 15 is 0 Å². The lowest BCUT2D eigenvalue weighted by molar-refractivity contribution is -0.141. The highest BCUT2D eigenvalue weighted by atomic mass is 16.5. The van der Waals surface area contributed by atoms with Gasteiger partial charge in [-0.3, -0.25) is 9.59 Å². The maximum Gasteiger partial charge on any atom is 0.226 e. The van der Waals surface area contributed by atoms with Gasteiger partial charge >= 0.3 is 0 Å². The second kappa shape index (κ2) is 8.23. The molecule has 0 bridgehead atoms. The van der Waals surface area contributed by atoms with Crippen LogP contribution in [0.15, 0.2) is 12.4 Å². The Balaban J connectivity index is 1.22. The first kappa shape index (κ1) is 18.2. The van der Waals surface area contributed by atoms with Crippen molar-refractivity contribution in [3.05, 3.63) is 18.1 Å². The zero-order chi connectivity index (χ0) is 18.6. The van der Waals surface area contributed by atoms with Crippen LogP contribution < -0.4 is 10.1 Å². The fourth-order valence-corrected chi connectivity index (χ4v) is 4.14. The largest absolute Gasteiger partial charge is 0.477 e. The summed E-state index contributed by atoms with van der Waals surface area (Å²) in [6.07, 6.45) is 8.27. The predicted molar refractivity (Wildman–Crippen MR) is 99.2 cm³/mol. The van der Waals surface area contributed by atoms with Crippen molar-refractivity contribution in [2.45, 2.75) is 50.9 Å². The van der Waals surface area contributed by atoms with Gasteiger partial charge in [-0.15, -0.1) is 0 Å². The average Bonchev–Trinajstić information content (AvgIpc) is 2.65. The molecule has 1 aromatic heterocycles. The zero-order valence-electron chi connectivity index (χ0n) is 15.7. The Kier molecular flexibility index (Phi) is 5.55. The van der Waals surface area contributed by atoms with E-state index in [4.69, 9.17) is 4.74 Å². The van der Waals surface area contributed by atoms with Crippen LogP contribution >= 0.6 is 0 Å². The molecule has 2 amide bonds. The third-order valence-corrected chi connectivity index (χ3v) is 6.18. The van der Waals surface area contributed by atoms with E-state index in [2.05, 4.69) is 15.3 Å². The van der Waals surface area contributed by atoms with Gasteiger partial charge in [0.2, 0.25) is 17.7 Å². The molecular weight excluding hydrogens is 344 g/mol. The number of hydrogen-bond donors (Lipinski definition) is 1. The summed E-state index contributed by atoms with van der Waals surface area (Å²) in [5.41, 5.74) is 1.10. The standard InChI is InChI=1S/C20H28N4O3/c25-18-10-16(4-7-21-18)20(26)24-8-5-14(6-9-24)12-27-19-11-17(22-13-23-19)15-2-1-3-15/h11,13-16H,1-10,12H2,(H,21,25). The van der Waals surface area contributed by atoms with Crippen molar-refractivity contribution in [3.8, 4) is 5.88 Å². The Morgan fingerprint density at radius 1 is 1.19 bits per heavy atom. The zero-order valence-corrected chi connectivity index (χ0v) is 15.7. The summed E-state index contributed by atoms with van der Waals surface area (Å²) < 4.78 is 5.92. The molecule has 1 aliphatic carbocycles. The Morgan fingerprint density at radius 3 is 2.70 bits per heavy atom. The number of carbonyl (C=O) groups excluding carboxylic acids is 2. The fourth-order valence-electron chi connectivity index (χ4n) is 4.14. The van der Waals surface area contributed by atoms with Crippen molar-refractivity contribution in [1.29, 1.82) is 0 Å². The van der Waals surface area contributed by atoms with Crippen LogP contribution in [-0.2, 0) is 9.59 Å². The number of likely N-dealkylation sites (tertiary alicyclic amines) is 1. The van der Waals surface area contributed by atoms with Gasteiger partial charge in [0.15, 0.2) is 0 Å². The number of aromatic nitrogens is 2.